The molecule has 0 aliphatic heterocycles. The molecule has 0 aliphatic carbocycles. The number of aryl methyl sites for hydroxylation is 1. The van der Waals surface area contributed by atoms with Crippen molar-refractivity contribution < 1.29 is 5.11 Å². The highest BCUT2D eigenvalue weighted by Gasteiger charge is 2.22. The number of hydrogen-bond acceptors (Lipinski definition) is 2. The average molecular weight is 263 g/mol. The largest absolute Gasteiger partial charge is 0.508 e. The fourth-order valence-electron chi connectivity index (χ4n) is 2.56. The molecule has 0 saturated carbocycles. The first-order chi connectivity index (χ1) is 9.01. The van der Waals surface area contributed by atoms with Crippen molar-refractivity contribution in [2.24, 2.45) is 0 Å². The highest BCUT2D eigenvalue weighted by molar-refractivity contribution is 5.37. The average Bonchev–Trinajstić information content (AvgIpc) is 2.41. The zero-order valence-corrected chi connectivity index (χ0v) is 13.1. The van der Waals surface area contributed by atoms with Crippen LogP contribution in [0.15, 0.2) is 18.2 Å². The topological polar surface area (TPSA) is 23.5 Å². The Bertz CT molecular complexity index is 389. The first-order valence-corrected chi connectivity index (χ1v) is 7.56. The fraction of sp³-hybridized carbons (Fsp3) is 0.647. The molecule has 0 aromatic heterocycles. The number of benzene rings is 1. The van der Waals surface area contributed by atoms with Crippen LogP contribution >= 0.6 is 0 Å². The molecule has 1 aromatic rings. The maximum Gasteiger partial charge on any atom is 0.120 e. The molecular formula is C17H29NO. The van der Waals surface area contributed by atoms with E-state index in [1.54, 1.807) is 0 Å². The highest BCUT2D eigenvalue weighted by Crippen LogP contribution is 2.31. The Labute approximate surface area is 118 Å². The van der Waals surface area contributed by atoms with Crippen molar-refractivity contribution in [2.45, 2.75) is 66.0 Å². The highest BCUT2D eigenvalue weighted by atomic mass is 16.3. The van der Waals surface area contributed by atoms with Crippen molar-refractivity contribution in [3.8, 4) is 5.75 Å². The summed E-state index contributed by atoms with van der Waals surface area (Å²) < 4.78 is 0. The second kappa shape index (κ2) is 7.54. The van der Waals surface area contributed by atoms with Crippen LogP contribution in [0.2, 0.25) is 0 Å². The van der Waals surface area contributed by atoms with Crippen LogP contribution in [0, 0.1) is 6.92 Å². The Morgan fingerprint density at radius 2 is 1.89 bits per heavy atom. The lowest BCUT2D eigenvalue weighted by atomic mass is 10.0. The van der Waals surface area contributed by atoms with Gasteiger partial charge in [-0.05, 0) is 46.2 Å². The third-order valence-electron chi connectivity index (χ3n) is 4.06. The van der Waals surface area contributed by atoms with Gasteiger partial charge in [-0.15, -0.1) is 0 Å². The van der Waals surface area contributed by atoms with Gasteiger partial charge in [-0.25, -0.2) is 0 Å². The fourth-order valence-corrected chi connectivity index (χ4v) is 2.56. The predicted molar refractivity (Wildman–Crippen MR) is 82.6 cm³/mol. The van der Waals surface area contributed by atoms with Crippen LogP contribution in [0.25, 0.3) is 0 Å². The monoisotopic (exact) mass is 263 g/mol. The number of phenols is 1. The lowest BCUT2D eigenvalue weighted by molar-refractivity contribution is 0.145. The molecule has 108 valence electrons. The molecule has 2 unspecified atom stereocenters. The quantitative estimate of drug-likeness (QED) is 0.773. The van der Waals surface area contributed by atoms with Gasteiger partial charge in [0.25, 0.3) is 0 Å². The molecule has 0 aliphatic rings. The van der Waals surface area contributed by atoms with E-state index < -0.39 is 0 Å². The lowest BCUT2D eigenvalue weighted by Crippen LogP contribution is -2.36. The molecule has 1 N–H and O–H groups in total. The van der Waals surface area contributed by atoms with Crippen LogP contribution in [0.4, 0.5) is 0 Å². The van der Waals surface area contributed by atoms with Gasteiger partial charge in [0, 0.05) is 17.6 Å². The second-order valence-electron chi connectivity index (χ2n) is 5.59. The third-order valence-corrected chi connectivity index (χ3v) is 4.06. The van der Waals surface area contributed by atoms with Gasteiger partial charge in [-0.2, -0.15) is 0 Å². The Morgan fingerprint density at radius 3 is 2.47 bits per heavy atom. The van der Waals surface area contributed by atoms with E-state index in [4.69, 9.17) is 0 Å². The van der Waals surface area contributed by atoms with Crippen molar-refractivity contribution in [1.82, 2.24) is 4.90 Å². The van der Waals surface area contributed by atoms with E-state index in [-0.39, 0.29) is 6.04 Å². The smallest absolute Gasteiger partial charge is 0.120 e. The molecule has 19 heavy (non-hydrogen) atoms. The Morgan fingerprint density at radius 1 is 1.21 bits per heavy atom. The molecule has 2 atom stereocenters. The summed E-state index contributed by atoms with van der Waals surface area (Å²) in [6.07, 6.45) is 3.56. The summed E-state index contributed by atoms with van der Waals surface area (Å²) in [5.41, 5.74) is 2.26. The molecule has 2 heteroatoms. The molecule has 0 heterocycles. The molecule has 1 rings (SSSR count). The van der Waals surface area contributed by atoms with Gasteiger partial charge in [0.15, 0.2) is 0 Å². The van der Waals surface area contributed by atoms with Crippen molar-refractivity contribution in [3.05, 3.63) is 29.3 Å². The summed E-state index contributed by atoms with van der Waals surface area (Å²) in [5, 5.41) is 10.1. The third kappa shape index (κ3) is 4.24. The zero-order valence-electron chi connectivity index (χ0n) is 13.1. The van der Waals surface area contributed by atoms with Crippen molar-refractivity contribution in [2.75, 3.05) is 6.54 Å². The summed E-state index contributed by atoms with van der Waals surface area (Å²) in [6.45, 7) is 12.1. The lowest BCUT2D eigenvalue weighted by Gasteiger charge is -2.35. The second-order valence-corrected chi connectivity index (χ2v) is 5.59. The van der Waals surface area contributed by atoms with Crippen LogP contribution < -0.4 is 0 Å². The Balaban J connectivity index is 2.96. The first-order valence-electron chi connectivity index (χ1n) is 7.56. The molecule has 2 nitrogen and oxygen atoms in total. The Kier molecular flexibility index (Phi) is 6.36. The maximum absolute atomic E-state index is 10.1. The van der Waals surface area contributed by atoms with E-state index in [1.165, 1.54) is 18.4 Å². The van der Waals surface area contributed by atoms with Crippen LogP contribution in [0.3, 0.4) is 0 Å². The van der Waals surface area contributed by atoms with Gasteiger partial charge in [0.05, 0.1) is 0 Å². The van der Waals surface area contributed by atoms with E-state index in [9.17, 15) is 5.11 Å². The predicted octanol–water partition coefficient (Wildman–Crippen LogP) is 4.66. The first kappa shape index (κ1) is 16.0. The van der Waals surface area contributed by atoms with Gasteiger partial charge in [-0.1, -0.05) is 38.0 Å². The molecular weight excluding hydrogens is 234 g/mol. The number of nitrogens with zero attached hydrogens (tertiary/aromatic N) is 1. The van der Waals surface area contributed by atoms with Crippen LogP contribution in [-0.2, 0) is 0 Å². The minimum absolute atomic E-state index is 0.265. The molecule has 0 radical (unpaired) electrons. The van der Waals surface area contributed by atoms with Gasteiger partial charge in [0.1, 0.15) is 5.75 Å². The molecule has 0 fully saturated rings. The minimum Gasteiger partial charge on any atom is -0.508 e. The van der Waals surface area contributed by atoms with E-state index in [0.717, 1.165) is 18.5 Å². The van der Waals surface area contributed by atoms with E-state index in [2.05, 4.69) is 45.6 Å². The molecule has 0 amide bonds. The SMILES string of the molecule is CCCCN(C(C)CC)C(C)c1cc(C)ccc1O. The van der Waals surface area contributed by atoms with E-state index in [1.807, 2.05) is 12.1 Å². The summed E-state index contributed by atoms with van der Waals surface area (Å²) in [4.78, 5) is 2.51. The van der Waals surface area contributed by atoms with Crippen LogP contribution in [0.5, 0.6) is 5.75 Å². The van der Waals surface area contributed by atoms with Crippen molar-refractivity contribution in [1.29, 1.82) is 0 Å². The number of hydrogen-bond donors (Lipinski definition) is 1. The van der Waals surface area contributed by atoms with Crippen molar-refractivity contribution in [3.63, 3.8) is 0 Å². The van der Waals surface area contributed by atoms with Gasteiger partial charge in [0.2, 0.25) is 0 Å². The van der Waals surface area contributed by atoms with E-state index in [0.29, 0.717) is 11.8 Å². The normalized spacial score (nSPS) is 14.6. The number of phenolic OH excluding ortho intramolecular Hbond substituents is 1. The number of rotatable bonds is 7. The number of unbranched alkanes of at least 4 members (excludes halogenated alkanes) is 1. The van der Waals surface area contributed by atoms with Crippen LogP contribution in [0.1, 0.15) is 64.1 Å². The number of aromatic hydroxyl groups is 1. The molecule has 1 aromatic carbocycles. The minimum atomic E-state index is 0.265. The zero-order chi connectivity index (χ0) is 14.4. The van der Waals surface area contributed by atoms with Crippen molar-refractivity contribution >= 4 is 0 Å². The van der Waals surface area contributed by atoms with E-state index >= 15 is 0 Å². The molecule has 0 spiro atoms. The van der Waals surface area contributed by atoms with Crippen LogP contribution in [-0.4, -0.2) is 22.6 Å². The molecule has 0 saturated heterocycles. The Hall–Kier alpha value is -1.02. The maximum atomic E-state index is 10.1. The van der Waals surface area contributed by atoms with Gasteiger partial charge >= 0.3 is 0 Å². The summed E-state index contributed by atoms with van der Waals surface area (Å²) in [6, 6.07) is 6.70. The standard InChI is InChI=1S/C17H29NO/c1-6-8-11-18(14(4)7-2)15(5)16-12-13(3)9-10-17(16)19/h9-10,12,14-15,19H,6-8,11H2,1-5H3. The summed E-state index contributed by atoms with van der Waals surface area (Å²) in [7, 11) is 0. The van der Waals surface area contributed by atoms with Gasteiger partial charge in [-0.3, -0.25) is 4.90 Å². The summed E-state index contributed by atoms with van der Waals surface area (Å²) >= 11 is 0. The van der Waals surface area contributed by atoms with Gasteiger partial charge < -0.3 is 5.11 Å². The molecule has 0 bridgehead atoms. The summed E-state index contributed by atoms with van der Waals surface area (Å²) in [5.74, 6) is 0.419.